The third kappa shape index (κ3) is 3.59. The van der Waals surface area contributed by atoms with Crippen molar-refractivity contribution in [3.8, 4) is 0 Å². The van der Waals surface area contributed by atoms with Gasteiger partial charge in [-0.05, 0) is 43.3 Å². The summed E-state index contributed by atoms with van der Waals surface area (Å²) >= 11 is 1.43. The van der Waals surface area contributed by atoms with Crippen LogP contribution >= 0.6 is 11.8 Å². The molecule has 3 aromatic rings. The number of nitrogens with zero attached hydrogens (tertiary/aromatic N) is 2. The van der Waals surface area contributed by atoms with Crippen LogP contribution in [0.25, 0.3) is 0 Å². The zero-order chi connectivity index (χ0) is 18.8. The molecule has 6 nitrogen and oxygen atoms in total. The van der Waals surface area contributed by atoms with Crippen LogP contribution in [-0.2, 0) is 11.3 Å². The summed E-state index contributed by atoms with van der Waals surface area (Å²) in [7, 11) is 0. The fourth-order valence-corrected chi connectivity index (χ4v) is 3.90. The van der Waals surface area contributed by atoms with Gasteiger partial charge in [-0.1, -0.05) is 23.9 Å². The third-order valence-electron chi connectivity index (χ3n) is 4.17. The SMILES string of the molecule is Cc1ccc(CNC(=O)CN2C(=O)c3cccnc3Sc3ccccc32)o1. The van der Waals surface area contributed by atoms with E-state index in [0.717, 1.165) is 10.7 Å². The predicted octanol–water partition coefficient (Wildman–Crippen LogP) is 3.41. The van der Waals surface area contributed by atoms with Gasteiger partial charge in [0, 0.05) is 11.1 Å². The number of anilines is 1. The maximum absolute atomic E-state index is 13.1. The predicted molar refractivity (Wildman–Crippen MR) is 102 cm³/mol. The molecule has 0 spiro atoms. The molecule has 2 aromatic heterocycles. The Hall–Kier alpha value is -3.06. The molecular weight excluding hydrogens is 362 g/mol. The third-order valence-corrected chi connectivity index (χ3v) is 5.25. The number of amides is 2. The summed E-state index contributed by atoms with van der Waals surface area (Å²) in [6.07, 6.45) is 1.66. The monoisotopic (exact) mass is 379 g/mol. The van der Waals surface area contributed by atoms with Crippen LogP contribution in [0.15, 0.2) is 69.1 Å². The van der Waals surface area contributed by atoms with Crippen LogP contribution in [0, 0.1) is 6.92 Å². The van der Waals surface area contributed by atoms with Gasteiger partial charge in [-0.15, -0.1) is 0 Å². The lowest BCUT2D eigenvalue weighted by atomic mass is 10.2. The highest BCUT2D eigenvalue weighted by Crippen LogP contribution is 2.39. The lowest BCUT2D eigenvalue weighted by Crippen LogP contribution is -2.40. The standard InChI is InChI=1S/C20H17N3O3S/c1-13-8-9-14(26-13)11-22-18(24)12-23-16-6-2-3-7-17(16)27-19-15(20(23)25)5-4-10-21-19/h2-10H,11-12H2,1H3,(H,22,24). The number of aryl methyl sites for hydroxylation is 1. The summed E-state index contributed by atoms with van der Waals surface area (Å²) < 4.78 is 5.46. The first kappa shape index (κ1) is 17.4. The van der Waals surface area contributed by atoms with Gasteiger partial charge in [-0.3, -0.25) is 14.5 Å². The molecule has 4 rings (SSSR count). The summed E-state index contributed by atoms with van der Waals surface area (Å²) in [5.41, 5.74) is 1.20. The Morgan fingerprint density at radius 3 is 2.85 bits per heavy atom. The number of rotatable bonds is 4. The van der Waals surface area contributed by atoms with Crippen LogP contribution in [0.3, 0.4) is 0 Å². The van der Waals surface area contributed by atoms with Gasteiger partial charge in [0.15, 0.2) is 0 Å². The minimum atomic E-state index is -0.260. The molecule has 0 radical (unpaired) electrons. The highest BCUT2D eigenvalue weighted by molar-refractivity contribution is 7.99. The van der Waals surface area contributed by atoms with Crippen LogP contribution in [0.4, 0.5) is 5.69 Å². The fourth-order valence-electron chi connectivity index (χ4n) is 2.88. The molecule has 3 heterocycles. The first-order chi connectivity index (χ1) is 13.1. The topological polar surface area (TPSA) is 75.4 Å². The number of aromatic nitrogens is 1. The van der Waals surface area contributed by atoms with Crippen molar-refractivity contribution in [1.82, 2.24) is 10.3 Å². The van der Waals surface area contributed by atoms with Crippen molar-refractivity contribution in [2.24, 2.45) is 0 Å². The number of pyridine rings is 1. The molecule has 0 fully saturated rings. The zero-order valence-electron chi connectivity index (χ0n) is 14.6. The van der Waals surface area contributed by atoms with Crippen molar-refractivity contribution < 1.29 is 14.0 Å². The number of fused-ring (bicyclic) bond motifs is 2. The number of carbonyl (C=O) groups excluding carboxylic acids is 2. The molecule has 0 saturated carbocycles. The lowest BCUT2D eigenvalue weighted by Gasteiger charge is -2.22. The molecule has 0 aliphatic carbocycles. The molecular formula is C20H17N3O3S. The number of hydrogen-bond donors (Lipinski definition) is 1. The second-order valence-electron chi connectivity index (χ2n) is 6.11. The van der Waals surface area contributed by atoms with Crippen LogP contribution in [0.2, 0.25) is 0 Å². The molecule has 7 heteroatoms. The van der Waals surface area contributed by atoms with Gasteiger partial charge in [0.2, 0.25) is 5.91 Å². The molecule has 0 atom stereocenters. The summed E-state index contributed by atoms with van der Waals surface area (Å²) in [6.45, 7) is 2.05. The Balaban J connectivity index is 1.58. The molecule has 2 amide bonds. The molecule has 136 valence electrons. The van der Waals surface area contributed by atoms with Crippen LogP contribution in [-0.4, -0.2) is 23.3 Å². The number of furan rings is 1. The van der Waals surface area contributed by atoms with E-state index < -0.39 is 0 Å². The van der Waals surface area contributed by atoms with E-state index in [4.69, 9.17) is 4.42 Å². The first-order valence-electron chi connectivity index (χ1n) is 8.47. The summed E-state index contributed by atoms with van der Waals surface area (Å²) in [6, 6.07) is 14.7. The quantitative estimate of drug-likeness (QED) is 0.752. The zero-order valence-corrected chi connectivity index (χ0v) is 15.5. The molecule has 0 unspecified atom stereocenters. The van der Waals surface area contributed by atoms with Gasteiger partial charge in [-0.25, -0.2) is 4.98 Å². The Bertz CT molecular complexity index is 1010. The highest BCUT2D eigenvalue weighted by Gasteiger charge is 2.29. The van der Waals surface area contributed by atoms with Gasteiger partial charge in [-0.2, -0.15) is 0 Å². The van der Waals surface area contributed by atoms with Gasteiger partial charge >= 0.3 is 0 Å². The summed E-state index contributed by atoms with van der Waals surface area (Å²) in [5, 5.41) is 3.45. The Kier molecular flexibility index (Phi) is 4.68. The van der Waals surface area contributed by atoms with Crippen molar-refractivity contribution in [2.45, 2.75) is 23.4 Å². The van der Waals surface area contributed by atoms with Gasteiger partial charge in [0.25, 0.3) is 5.91 Å². The van der Waals surface area contributed by atoms with Gasteiger partial charge in [0.1, 0.15) is 23.1 Å². The molecule has 0 saturated heterocycles. The second kappa shape index (κ2) is 7.28. The first-order valence-corrected chi connectivity index (χ1v) is 9.29. The largest absolute Gasteiger partial charge is 0.465 e. The maximum atomic E-state index is 13.1. The number of carbonyl (C=O) groups is 2. The van der Waals surface area contributed by atoms with E-state index in [1.807, 2.05) is 43.3 Å². The molecule has 1 aliphatic heterocycles. The van der Waals surface area contributed by atoms with Crippen molar-refractivity contribution in [1.29, 1.82) is 0 Å². The van der Waals surface area contributed by atoms with Crippen LogP contribution in [0.1, 0.15) is 21.9 Å². The smallest absolute Gasteiger partial charge is 0.261 e. The highest BCUT2D eigenvalue weighted by atomic mass is 32.2. The molecule has 27 heavy (non-hydrogen) atoms. The summed E-state index contributed by atoms with van der Waals surface area (Å²) in [4.78, 5) is 32.3. The fraction of sp³-hybridized carbons (Fsp3) is 0.150. The Morgan fingerprint density at radius 2 is 2.04 bits per heavy atom. The molecule has 1 aliphatic rings. The lowest BCUT2D eigenvalue weighted by molar-refractivity contribution is -0.120. The normalized spacial score (nSPS) is 12.9. The average molecular weight is 379 g/mol. The van der Waals surface area contributed by atoms with Crippen molar-refractivity contribution in [3.05, 3.63) is 71.8 Å². The number of benzene rings is 1. The van der Waals surface area contributed by atoms with E-state index in [1.54, 1.807) is 18.3 Å². The number of nitrogens with one attached hydrogen (secondary N) is 1. The molecule has 0 bridgehead atoms. The van der Waals surface area contributed by atoms with Crippen molar-refractivity contribution >= 4 is 29.3 Å². The van der Waals surface area contributed by atoms with Crippen LogP contribution in [0.5, 0.6) is 0 Å². The molecule has 1 N–H and O–H groups in total. The van der Waals surface area contributed by atoms with E-state index >= 15 is 0 Å². The van der Waals surface area contributed by atoms with Gasteiger partial charge in [0.05, 0.1) is 17.8 Å². The van der Waals surface area contributed by atoms with Crippen LogP contribution < -0.4 is 10.2 Å². The minimum Gasteiger partial charge on any atom is -0.465 e. The Labute approximate surface area is 160 Å². The average Bonchev–Trinajstić information content (AvgIpc) is 3.05. The van der Waals surface area contributed by atoms with E-state index in [-0.39, 0.29) is 24.9 Å². The number of hydrogen-bond acceptors (Lipinski definition) is 5. The summed E-state index contributed by atoms with van der Waals surface area (Å²) in [5.74, 6) is 0.967. The van der Waals surface area contributed by atoms with E-state index in [9.17, 15) is 9.59 Å². The maximum Gasteiger partial charge on any atom is 0.261 e. The van der Waals surface area contributed by atoms with Crippen molar-refractivity contribution in [3.63, 3.8) is 0 Å². The second-order valence-corrected chi connectivity index (χ2v) is 7.14. The Morgan fingerprint density at radius 1 is 1.19 bits per heavy atom. The van der Waals surface area contributed by atoms with E-state index in [2.05, 4.69) is 10.3 Å². The van der Waals surface area contributed by atoms with E-state index in [1.165, 1.54) is 16.7 Å². The number of para-hydroxylation sites is 1. The van der Waals surface area contributed by atoms with Crippen molar-refractivity contribution in [2.75, 3.05) is 11.4 Å². The van der Waals surface area contributed by atoms with E-state index in [0.29, 0.717) is 22.0 Å². The molecule has 1 aromatic carbocycles. The minimum absolute atomic E-state index is 0.0789. The van der Waals surface area contributed by atoms with Gasteiger partial charge < -0.3 is 9.73 Å².